The Hall–Kier alpha value is -4.26. The number of aromatic nitrogens is 1. The Balaban J connectivity index is 1.52. The maximum Gasteiger partial charge on any atom is 0.417 e. The van der Waals surface area contributed by atoms with Crippen molar-refractivity contribution in [3.63, 3.8) is 0 Å². The van der Waals surface area contributed by atoms with Crippen LogP contribution in [0, 0.1) is 11.3 Å². The number of anilines is 1. The number of nitrogens with one attached hydrogen (secondary N) is 1. The molecule has 1 N–H and O–H groups in total. The van der Waals surface area contributed by atoms with E-state index < -0.39 is 23.3 Å². The van der Waals surface area contributed by atoms with Crippen LogP contribution in [0.1, 0.15) is 16.7 Å². The van der Waals surface area contributed by atoms with E-state index in [1.165, 1.54) is 12.1 Å². The normalized spacial score (nSPS) is 15.8. The average molecular weight is 496 g/mol. The van der Waals surface area contributed by atoms with Crippen LogP contribution in [0.3, 0.4) is 0 Å². The number of amides is 2. The molecule has 186 valence electrons. The summed E-state index contributed by atoms with van der Waals surface area (Å²) in [6.45, 7) is 1.33. The predicted molar refractivity (Wildman–Crippen MR) is 127 cm³/mol. The van der Waals surface area contributed by atoms with Gasteiger partial charge in [-0.3, -0.25) is 4.98 Å². The molecule has 3 aromatic rings. The molecule has 7 nitrogen and oxygen atoms in total. The Morgan fingerprint density at radius 1 is 1.14 bits per heavy atom. The van der Waals surface area contributed by atoms with Crippen LogP contribution in [0.2, 0.25) is 0 Å². The van der Waals surface area contributed by atoms with Crippen molar-refractivity contribution in [2.75, 3.05) is 31.1 Å². The summed E-state index contributed by atoms with van der Waals surface area (Å²) in [5.41, 5.74) is -0.128. The molecule has 1 aliphatic heterocycles. The van der Waals surface area contributed by atoms with Crippen LogP contribution >= 0.6 is 0 Å². The Morgan fingerprint density at radius 2 is 1.94 bits per heavy atom. The van der Waals surface area contributed by atoms with E-state index in [1.807, 2.05) is 30.3 Å². The van der Waals surface area contributed by atoms with E-state index in [1.54, 1.807) is 40.4 Å². The standard InChI is InChI=1S/C26H24F3N5O2/c27-26(28,29)24-13-21(9-8-20(24)14-30)33-11-12-34(25(35)32-15-19-5-2-1-3-6-19)22(17-33)18-36-23-7-4-10-31-16-23/h1-10,13,16,22H,11-12,15,17-18H2,(H,32,35). The van der Waals surface area contributed by atoms with Crippen molar-refractivity contribution in [2.24, 2.45) is 0 Å². The van der Waals surface area contributed by atoms with E-state index in [-0.39, 0.29) is 25.7 Å². The van der Waals surface area contributed by atoms with E-state index >= 15 is 0 Å². The summed E-state index contributed by atoms with van der Waals surface area (Å²) in [7, 11) is 0. The van der Waals surface area contributed by atoms with Crippen LogP contribution in [0.5, 0.6) is 5.75 Å². The summed E-state index contributed by atoms with van der Waals surface area (Å²) >= 11 is 0. The molecule has 2 amide bonds. The van der Waals surface area contributed by atoms with Crippen molar-refractivity contribution in [2.45, 2.75) is 18.8 Å². The van der Waals surface area contributed by atoms with Gasteiger partial charge in [-0.1, -0.05) is 30.3 Å². The average Bonchev–Trinajstić information content (AvgIpc) is 2.90. The lowest BCUT2D eigenvalue weighted by atomic mass is 10.1. The maximum atomic E-state index is 13.5. The first kappa shape index (κ1) is 24.9. The molecule has 2 aromatic carbocycles. The van der Waals surface area contributed by atoms with Crippen LogP contribution in [-0.2, 0) is 12.7 Å². The Labute approximate surface area is 206 Å². The van der Waals surface area contributed by atoms with Crippen molar-refractivity contribution in [3.05, 3.63) is 89.7 Å². The first-order chi connectivity index (χ1) is 17.3. The lowest BCUT2D eigenvalue weighted by molar-refractivity contribution is -0.137. The van der Waals surface area contributed by atoms with Crippen molar-refractivity contribution < 1.29 is 22.7 Å². The molecule has 0 aliphatic carbocycles. The number of nitriles is 1. The quantitative estimate of drug-likeness (QED) is 0.547. The number of pyridine rings is 1. The molecule has 0 saturated carbocycles. The number of carbonyl (C=O) groups is 1. The number of hydrogen-bond donors (Lipinski definition) is 1. The third-order valence-corrected chi connectivity index (χ3v) is 5.90. The van der Waals surface area contributed by atoms with Crippen LogP contribution in [0.25, 0.3) is 0 Å². The van der Waals surface area contributed by atoms with Gasteiger partial charge in [-0.25, -0.2) is 4.79 Å². The lowest BCUT2D eigenvalue weighted by Crippen LogP contribution is -2.59. The van der Waals surface area contributed by atoms with Gasteiger partial charge in [-0.2, -0.15) is 18.4 Å². The first-order valence-electron chi connectivity index (χ1n) is 11.3. The number of ether oxygens (including phenoxy) is 1. The molecular weight excluding hydrogens is 471 g/mol. The number of nitrogens with zero attached hydrogens (tertiary/aromatic N) is 4. The van der Waals surface area contributed by atoms with Crippen molar-refractivity contribution in [1.82, 2.24) is 15.2 Å². The third-order valence-electron chi connectivity index (χ3n) is 5.90. The minimum absolute atomic E-state index is 0.128. The summed E-state index contributed by atoms with van der Waals surface area (Å²) in [5.74, 6) is 0.525. The van der Waals surface area contributed by atoms with Crippen LogP contribution in [0.4, 0.5) is 23.7 Å². The molecule has 4 rings (SSSR count). The van der Waals surface area contributed by atoms with Gasteiger partial charge in [0.15, 0.2) is 0 Å². The Morgan fingerprint density at radius 3 is 2.64 bits per heavy atom. The Kier molecular flexibility index (Phi) is 7.59. The van der Waals surface area contributed by atoms with Crippen LogP contribution in [-0.4, -0.2) is 48.2 Å². The number of benzene rings is 2. The minimum atomic E-state index is -4.65. The van der Waals surface area contributed by atoms with E-state index in [9.17, 15) is 18.0 Å². The highest BCUT2D eigenvalue weighted by Crippen LogP contribution is 2.35. The highest BCUT2D eigenvalue weighted by Gasteiger charge is 2.36. The van der Waals surface area contributed by atoms with Crippen molar-refractivity contribution in [1.29, 1.82) is 5.26 Å². The van der Waals surface area contributed by atoms with Gasteiger partial charge < -0.3 is 19.9 Å². The highest BCUT2D eigenvalue weighted by atomic mass is 19.4. The molecule has 10 heteroatoms. The topological polar surface area (TPSA) is 81.5 Å². The molecule has 0 bridgehead atoms. The number of alkyl halides is 3. The largest absolute Gasteiger partial charge is 0.490 e. The molecule has 1 unspecified atom stereocenters. The minimum Gasteiger partial charge on any atom is -0.490 e. The van der Waals surface area contributed by atoms with Gasteiger partial charge >= 0.3 is 12.2 Å². The zero-order valence-corrected chi connectivity index (χ0v) is 19.3. The molecule has 1 aromatic heterocycles. The van der Waals surface area contributed by atoms with E-state index in [4.69, 9.17) is 10.00 Å². The maximum absolute atomic E-state index is 13.5. The van der Waals surface area contributed by atoms with E-state index in [0.717, 1.165) is 11.6 Å². The van der Waals surface area contributed by atoms with Gasteiger partial charge in [0.25, 0.3) is 0 Å². The fourth-order valence-corrected chi connectivity index (χ4v) is 4.06. The molecule has 0 radical (unpaired) electrons. The fourth-order valence-electron chi connectivity index (χ4n) is 4.06. The molecule has 1 fully saturated rings. The van der Waals surface area contributed by atoms with E-state index in [2.05, 4.69) is 10.3 Å². The molecule has 1 saturated heterocycles. The summed E-state index contributed by atoms with van der Waals surface area (Å²) in [4.78, 5) is 20.5. The Bertz CT molecular complexity index is 1220. The summed E-state index contributed by atoms with van der Waals surface area (Å²) < 4.78 is 46.4. The molecule has 36 heavy (non-hydrogen) atoms. The summed E-state index contributed by atoms with van der Waals surface area (Å²) in [6.07, 6.45) is -1.48. The highest BCUT2D eigenvalue weighted by molar-refractivity contribution is 5.75. The molecule has 0 spiro atoms. The number of piperazine rings is 1. The van der Waals surface area contributed by atoms with Crippen LogP contribution < -0.4 is 15.0 Å². The number of rotatable bonds is 6. The number of halogens is 3. The summed E-state index contributed by atoms with van der Waals surface area (Å²) in [6, 6.07) is 17.5. The third kappa shape index (κ3) is 6.05. The summed E-state index contributed by atoms with van der Waals surface area (Å²) in [5, 5.41) is 12.0. The van der Waals surface area contributed by atoms with Crippen molar-refractivity contribution in [3.8, 4) is 11.8 Å². The zero-order chi connectivity index (χ0) is 25.5. The van der Waals surface area contributed by atoms with Gasteiger partial charge in [0.2, 0.25) is 0 Å². The SMILES string of the molecule is N#Cc1ccc(N2CCN(C(=O)NCc3ccccc3)C(COc3cccnc3)C2)cc1C(F)(F)F. The molecule has 1 atom stereocenters. The molecular formula is C26H24F3N5O2. The van der Waals surface area contributed by atoms with Gasteiger partial charge in [0, 0.05) is 38.1 Å². The predicted octanol–water partition coefficient (Wildman–Crippen LogP) is 4.45. The second-order valence-corrected chi connectivity index (χ2v) is 8.28. The number of carbonyl (C=O) groups excluding carboxylic acids is 1. The smallest absolute Gasteiger partial charge is 0.417 e. The number of hydrogen-bond acceptors (Lipinski definition) is 5. The van der Waals surface area contributed by atoms with Gasteiger partial charge in [-0.05, 0) is 35.9 Å². The van der Waals surface area contributed by atoms with Gasteiger partial charge in [0.1, 0.15) is 12.4 Å². The number of urea groups is 1. The fraction of sp³-hybridized carbons (Fsp3) is 0.269. The monoisotopic (exact) mass is 495 g/mol. The van der Waals surface area contributed by atoms with Crippen molar-refractivity contribution >= 4 is 11.7 Å². The second kappa shape index (κ2) is 11.0. The first-order valence-corrected chi connectivity index (χ1v) is 11.3. The van der Waals surface area contributed by atoms with Gasteiger partial charge in [-0.15, -0.1) is 0 Å². The lowest BCUT2D eigenvalue weighted by Gasteiger charge is -2.42. The van der Waals surface area contributed by atoms with Gasteiger partial charge in [0.05, 0.1) is 29.4 Å². The molecule has 2 heterocycles. The van der Waals surface area contributed by atoms with E-state index in [0.29, 0.717) is 24.5 Å². The zero-order valence-electron chi connectivity index (χ0n) is 19.3. The second-order valence-electron chi connectivity index (χ2n) is 8.28. The van der Waals surface area contributed by atoms with Crippen LogP contribution in [0.15, 0.2) is 73.1 Å². The molecule has 1 aliphatic rings.